The van der Waals surface area contributed by atoms with E-state index in [1.165, 1.54) is 4.68 Å². The highest BCUT2D eigenvalue weighted by atomic mass is 32.1. The molecule has 1 amide bonds. The van der Waals surface area contributed by atoms with Gasteiger partial charge in [0.25, 0.3) is 0 Å². The topological polar surface area (TPSA) is 129 Å². The summed E-state index contributed by atoms with van der Waals surface area (Å²) in [7, 11) is 1.57. The maximum Gasteiger partial charge on any atom is 0.246 e. The zero-order chi connectivity index (χ0) is 22.1. The molecule has 0 aliphatic rings. The van der Waals surface area contributed by atoms with Crippen molar-refractivity contribution in [3.63, 3.8) is 0 Å². The first-order valence-corrected chi connectivity index (χ1v) is 9.57. The Balaban J connectivity index is 1.47. The zero-order valence-corrected chi connectivity index (χ0v) is 17.5. The summed E-state index contributed by atoms with van der Waals surface area (Å²) >= 11 is 4.67. The van der Waals surface area contributed by atoms with E-state index in [2.05, 4.69) is 38.4 Å². The summed E-state index contributed by atoms with van der Waals surface area (Å²) in [5.74, 6) is 1.09. The van der Waals surface area contributed by atoms with Gasteiger partial charge in [-0.1, -0.05) is 11.3 Å². The third-order valence-electron chi connectivity index (χ3n) is 3.90. The van der Waals surface area contributed by atoms with Crippen LogP contribution in [0, 0.1) is 0 Å². The third kappa shape index (κ3) is 7.08. The number of thiocarbonyl (C=S) groups is 1. The summed E-state index contributed by atoms with van der Waals surface area (Å²) in [6.45, 7) is 0.243. The first-order chi connectivity index (χ1) is 15.0. The summed E-state index contributed by atoms with van der Waals surface area (Å²) in [6.07, 6.45) is 3.25. The van der Waals surface area contributed by atoms with Crippen molar-refractivity contribution >= 4 is 35.1 Å². The minimum atomic E-state index is -0.229. The van der Waals surface area contributed by atoms with Crippen molar-refractivity contribution in [2.75, 3.05) is 12.4 Å². The van der Waals surface area contributed by atoms with Crippen molar-refractivity contribution < 1.29 is 14.3 Å². The van der Waals surface area contributed by atoms with E-state index >= 15 is 0 Å². The number of hydrogen-bond donors (Lipinski definition) is 3. The molecule has 0 spiro atoms. The van der Waals surface area contributed by atoms with Gasteiger partial charge < -0.3 is 20.5 Å². The van der Waals surface area contributed by atoms with E-state index in [1.54, 1.807) is 55.9 Å². The second-order valence-electron chi connectivity index (χ2n) is 6.28. The Morgan fingerprint density at radius 1 is 1.26 bits per heavy atom. The summed E-state index contributed by atoms with van der Waals surface area (Å²) < 4.78 is 12.3. The Bertz CT molecular complexity index is 1070. The van der Waals surface area contributed by atoms with Crippen LogP contribution in [-0.4, -0.2) is 39.3 Å². The summed E-state index contributed by atoms with van der Waals surface area (Å²) in [6, 6.07) is 14.4. The van der Waals surface area contributed by atoms with Gasteiger partial charge in [-0.15, -0.1) is 5.10 Å². The fraction of sp³-hybridized carbons (Fsp3) is 0.150. The number of nitrogens with zero attached hydrogens (tertiary/aromatic N) is 4. The number of carbonyl (C=O) groups excluding carboxylic acids is 1. The standard InChI is InChI=1S/C20H21N7O3S/c1-29-18-4-2-3-15(9-18)23-19(28)12-27-11-16(24-26-27)13-30-17-7-5-14(6-8-17)10-22-25-20(21)31/h2-11H,12-13H2,1H3,(H,23,28)(H3,21,25,31)/b22-10+. The lowest BCUT2D eigenvalue weighted by atomic mass is 10.2. The number of methoxy groups -OCH3 is 1. The number of hydrogen-bond acceptors (Lipinski definition) is 7. The van der Waals surface area contributed by atoms with Crippen molar-refractivity contribution in [3.05, 3.63) is 66.0 Å². The number of hydrazone groups is 1. The molecule has 3 rings (SSSR count). The monoisotopic (exact) mass is 439 g/mol. The van der Waals surface area contributed by atoms with Gasteiger partial charge in [0.2, 0.25) is 5.91 Å². The second-order valence-corrected chi connectivity index (χ2v) is 6.72. The molecule has 10 nitrogen and oxygen atoms in total. The summed E-state index contributed by atoms with van der Waals surface area (Å²) in [4.78, 5) is 12.2. The molecule has 0 atom stereocenters. The van der Waals surface area contributed by atoms with Crippen molar-refractivity contribution in [3.8, 4) is 11.5 Å². The number of nitrogens with one attached hydrogen (secondary N) is 2. The van der Waals surface area contributed by atoms with Gasteiger partial charge >= 0.3 is 0 Å². The first kappa shape index (κ1) is 21.7. The molecular weight excluding hydrogens is 418 g/mol. The van der Waals surface area contributed by atoms with Gasteiger partial charge in [-0.05, 0) is 54.2 Å². The SMILES string of the molecule is COc1cccc(NC(=O)Cn2cc(COc3ccc(/C=N/NC(N)=S)cc3)nn2)c1. The van der Waals surface area contributed by atoms with E-state index in [9.17, 15) is 4.79 Å². The largest absolute Gasteiger partial charge is 0.497 e. The van der Waals surface area contributed by atoms with Gasteiger partial charge in [-0.2, -0.15) is 5.10 Å². The average molecular weight is 440 g/mol. The molecule has 0 unspecified atom stereocenters. The molecule has 0 bridgehead atoms. The predicted octanol–water partition coefficient (Wildman–Crippen LogP) is 1.67. The van der Waals surface area contributed by atoms with E-state index in [0.29, 0.717) is 22.9 Å². The van der Waals surface area contributed by atoms with Crippen LogP contribution < -0.4 is 25.9 Å². The van der Waals surface area contributed by atoms with Gasteiger partial charge in [0.05, 0.1) is 19.5 Å². The van der Waals surface area contributed by atoms with Crippen LogP contribution in [0.3, 0.4) is 0 Å². The molecule has 160 valence electrons. The second kappa shape index (κ2) is 10.7. The number of anilines is 1. The minimum Gasteiger partial charge on any atom is -0.497 e. The van der Waals surface area contributed by atoms with Crippen LogP contribution in [0.15, 0.2) is 59.8 Å². The number of benzene rings is 2. The summed E-state index contributed by atoms with van der Waals surface area (Å²) in [5.41, 5.74) is 9.87. The average Bonchev–Trinajstić information content (AvgIpc) is 3.20. The van der Waals surface area contributed by atoms with Gasteiger partial charge in [0.15, 0.2) is 5.11 Å². The number of carbonyl (C=O) groups is 1. The molecule has 2 aromatic carbocycles. The van der Waals surface area contributed by atoms with Gasteiger partial charge in [0.1, 0.15) is 30.3 Å². The zero-order valence-electron chi connectivity index (χ0n) is 16.7. The molecule has 31 heavy (non-hydrogen) atoms. The number of ether oxygens (including phenoxy) is 2. The van der Waals surface area contributed by atoms with E-state index in [0.717, 1.165) is 5.56 Å². The van der Waals surface area contributed by atoms with Gasteiger partial charge in [-0.3, -0.25) is 10.2 Å². The lowest BCUT2D eigenvalue weighted by Gasteiger charge is -2.06. The predicted molar refractivity (Wildman–Crippen MR) is 120 cm³/mol. The number of rotatable bonds is 9. The smallest absolute Gasteiger partial charge is 0.246 e. The van der Waals surface area contributed by atoms with E-state index < -0.39 is 0 Å². The minimum absolute atomic E-state index is 0.0263. The van der Waals surface area contributed by atoms with Crippen LogP contribution >= 0.6 is 12.2 Å². The Kier molecular flexibility index (Phi) is 7.49. The Labute approximate surface area is 184 Å². The van der Waals surface area contributed by atoms with Crippen LogP contribution in [-0.2, 0) is 17.9 Å². The van der Waals surface area contributed by atoms with Crippen molar-refractivity contribution in [2.45, 2.75) is 13.2 Å². The highest BCUT2D eigenvalue weighted by Gasteiger charge is 2.08. The molecule has 0 fully saturated rings. The number of amides is 1. The highest BCUT2D eigenvalue weighted by molar-refractivity contribution is 7.80. The first-order valence-electron chi connectivity index (χ1n) is 9.16. The van der Waals surface area contributed by atoms with Gasteiger partial charge in [0, 0.05) is 11.8 Å². The number of nitrogens with two attached hydrogens (primary N) is 1. The van der Waals surface area contributed by atoms with Crippen LogP contribution in [0.1, 0.15) is 11.3 Å². The normalized spacial score (nSPS) is 10.6. The van der Waals surface area contributed by atoms with E-state index in [1.807, 2.05) is 12.1 Å². The molecule has 1 aromatic heterocycles. The molecular formula is C20H21N7O3S. The highest BCUT2D eigenvalue weighted by Crippen LogP contribution is 2.16. The summed E-state index contributed by atoms with van der Waals surface area (Å²) in [5, 5.41) is 14.8. The molecule has 0 radical (unpaired) electrons. The van der Waals surface area contributed by atoms with Crippen molar-refractivity contribution in [1.82, 2.24) is 20.4 Å². The maximum atomic E-state index is 12.2. The van der Waals surface area contributed by atoms with Crippen LogP contribution in [0.5, 0.6) is 11.5 Å². The Hall–Kier alpha value is -3.99. The Morgan fingerprint density at radius 3 is 2.81 bits per heavy atom. The lowest BCUT2D eigenvalue weighted by molar-refractivity contribution is -0.116. The van der Waals surface area contributed by atoms with E-state index in [-0.39, 0.29) is 24.2 Å². The fourth-order valence-corrected chi connectivity index (χ4v) is 2.56. The molecule has 0 saturated heterocycles. The van der Waals surface area contributed by atoms with Crippen molar-refractivity contribution in [1.29, 1.82) is 0 Å². The molecule has 0 aliphatic heterocycles. The van der Waals surface area contributed by atoms with Crippen LogP contribution in [0.4, 0.5) is 5.69 Å². The lowest BCUT2D eigenvalue weighted by Crippen LogP contribution is -2.23. The van der Waals surface area contributed by atoms with Crippen LogP contribution in [0.2, 0.25) is 0 Å². The van der Waals surface area contributed by atoms with Gasteiger partial charge in [-0.25, -0.2) is 4.68 Å². The van der Waals surface area contributed by atoms with E-state index in [4.69, 9.17) is 15.2 Å². The van der Waals surface area contributed by atoms with Crippen molar-refractivity contribution in [2.24, 2.45) is 10.8 Å². The third-order valence-corrected chi connectivity index (χ3v) is 3.99. The molecule has 4 N–H and O–H groups in total. The molecule has 3 aromatic rings. The molecule has 0 saturated carbocycles. The number of aromatic nitrogens is 3. The maximum absolute atomic E-state index is 12.2. The molecule has 11 heteroatoms. The Morgan fingerprint density at radius 2 is 2.06 bits per heavy atom. The molecule has 1 heterocycles. The fourth-order valence-electron chi connectivity index (χ4n) is 2.51. The molecule has 0 aliphatic carbocycles. The van der Waals surface area contributed by atoms with Crippen LogP contribution in [0.25, 0.3) is 0 Å². The quantitative estimate of drug-likeness (QED) is 0.261.